The summed E-state index contributed by atoms with van der Waals surface area (Å²) in [6.07, 6.45) is 24.1. The third-order valence-corrected chi connectivity index (χ3v) is 6.77. The quantitative estimate of drug-likeness (QED) is 0.0632. The summed E-state index contributed by atoms with van der Waals surface area (Å²) in [7, 11) is -4.12. The van der Waals surface area contributed by atoms with Gasteiger partial charge >= 0.3 is 7.82 Å². The molecule has 0 aromatic rings. The van der Waals surface area contributed by atoms with E-state index in [9.17, 15) is 9.46 Å². The van der Waals surface area contributed by atoms with Crippen LogP contribution in [-0.2, 0) is 23.1 Å². The number of nitrogens with two attached hydrogens (primary N) is 1. The number of allylic oxidation sites excluding steroid dienone is 1. The Labute approximate surface area is 216 Å². The molecule has 0 rings (SSSR count). The standard InChI is InChI=1S/C27H56NO6P/c1-3-5-7-9-10-11-12-13-14-15-16-17-18-19-22-31-25-27(32-23-20-8-6-4-2)26-34-35(29,30)33-24-21-28/h6,8,27H,3-5,7,9-26,28H2,1-2H3,(H,29,30)/t27-/m1/s1. The molecule has 0 spiro atoms. The molecule has 0 aliphatic rings. The summed E-state index contributed by atoms with van der Waals surface area (Å²) in [6, 6.07) is 0. The number of hydrogen-bond donors (Lipinski definition) is 2. The van der Waals surface area contributed by atoms with Crippen molar-refractivity contribution in [3.63, 3.8) is 0 Å². The predicted molar refractivity (Wildman–Crippen MR) is 146 cm³/mol. The Balaban J connectivity index is 3.81. The molecular weight excluding hydrogens is 465 g/mol. The molecule has 2 atom stereocenters. The lowest BCUT2D eigenvalue weighted by Gasteiger charge is -2.19. The molecule has 8 heteroatoms. The molecule has 0 saturated carbocycles. The van der Waals surface area contributed by atoms with Gasteiger partial charge < -0.3 is 20.1 Å². The fourth-order valence-corrected chi connectivity index (χ4v) is 4.49. The third kappa shape index (κ3) is 26.6. The van der Waals surface area contributed by atoms with Crippen molar-refractivity contribution >= 4 is 7.82 Å². The Kier molecular flexibility index (Phi) is 26.6. The molecule has 0 aliphatic carbocycles. The van der Waals surface area contributed by atoms with E-state index in [4.69, 9.17) is 24.3 Å². The van der Waals surface area contributed by atoms with Gasteiger partial charge in [0.25, 0.3) is 0 Å². The fourth-order valence-electron chi connectivity index (χ4n) is 3.73. The average Bonchev–Trinajstić information content (AvgIpc) is 2.85. The van der Waals surface area contributed by atoms with Crippen LogP contribution in [0.25, 0.3) is 0 Å². The summed E-state index contributed by atoms with van der Waals surface area (Å²) >= 11 is 0. The topological polar surface area (TPSA) is 100 Å². The van der Waals surface area contributed by atoms with E-state index in [0.717, 1.165) is 19.3 Å². The van der Waals surface area contributed by atoms with Crippen LogP contribution in [0, 0.1) is 0 Å². The molecule has 0 amide bonds. The second-order valence-corrected chi connectivity index (χ2v) is 10.7. The van der Waals surface area contributed by atoms with Crippen molar-refractivity contribution in [1.82, 2.24) is 0 Å². The lowest BCUT2D eigenvalue weighted by Crippen LogP contribution is -2.26. The molecule has 210 valence electrons. The summed E-state index contributed by atoms with van der Waals surface area (Å²) in [6.45, 7) is 5.91. The van der Waals surface area contributed by atoms with Crippen LogP contribution in [0.2, 0.25) is 0 Å². The number of rotatable bonds is 28. The molecule has 7 nitrogen and oxygen atoms in total. The van der Waals surface area contributed by atoms with Crippen molar-refractivity contribution in [3.8, 4) is 0 Å². The van der Waals surface area contributed by atoms with Crippen molar-refractivity contribution in [2.45, 2.75) is 123 Å². The summed E-state index contributed by atoms with van der Waals surface area (Å²) in [5.41, 5.74) is 5.31. The molecule has 0 aromatic heterocycles. The van der Waals surface area contributed by atoms with Crippen molar-refractivity contribution in [3.05, 3.63) is 12.2 Å². The molecule has 0 heterocycles. The highest BCUT2D eigenvalue weighted by Gasteiger charge is 2.23. The zero-order valence-electron chi connectivity index (χ0n) is 22.8. The first kappa shape index (κ1) is 34.7. The van der Waals surface area contributed by atoms with Crippen LogP contribution in [0.1, 0.15) is 117 Å². The molecule has 0 unspecified atom stereocenters. The lowest BCUT2D eigenvalue weighted by molar-refractivity contribution is -0.0419. The Morgan fingerprint density at radius 1 is 0.743 bits per heavy atom. The van der Waals surface area contributed by atoms with Crippen LogP contribution in [0.4, 0.5) is 0 Å². The van der Waals surface area contributed by atoms with Crippen LogP contribution < -0.4 is 5.73 Å². The number of unbranched alkanes of at least 4 members (excludes halogenated alkanes) is 13. The fraction of sp³-hybridized carbons (Fsp3) is 0.926. The van der Waals surface area contributed by atoms with Crippen molar-refractivity contribution in [1.29, 1.82) is 0 Å². The summed E-state index contributed by atoms with van der Waals surface area (Å²) in [5.74, 6) is 0. The first-order valence-electron chi connectivity index (χ1n) is 14.2. The highest BCUT2D eigenvalue weighted by atomic mass is 31.2. The number of phosphoric ester groups is 1. The summed E-state index contributed by atoms with van der Waals surface area (Å²) < 4.78 is 33.3. The van der Waals surface area contributed by atoms with Gasteiger partial charge in [-0.1, -0.05) is 109 Å². The average molecular weight is 522 g/mol. The van der Waals surface area contributed by atoms with Crippen LogP contribution in [0.5, 0.6) is 0 Å². The van der Waals surface area contributed by atoms with Gasteiger partial charge in [0.2, 0.25) is 0 Å². The zero-order chi connectivity index (χ0) is 25.9. The van der Waals surface area contributed by atoms with Crippen LogP contribution >= 0.6 is 7.82 Å². The Morgan fingerprint density at radius 2 is 1.31 bits per heavy atom. The lowest BCUT2D eigenvalue weighted by atomic mass is 10.0. The first-order valence-corrected chi connectivity index (χ1v) is 15.7. The van der Waals surface area contributed by atoms with E-state index in [1.54, 1.807) is 0 Å². The molecule has 0 fully saturated rings. The van der Waals surface area contributed by atoms with Crippen LogP contribution in [0.3, 0.4) is 0 Å². The van der Waals surface area contributed by atoms with Gasteiger partial charge in [-0.05, 0) is 19.3 Å². The van der Waals surface area contributed by atoms with E-state index in [2.05, 4.69) is 26.0 Å². The SMILES string of the molecule is CCC=CCCO[C@H](COCCCCCCCCCCCCCCCC)CO[P@](=O)(O)OCCN. The van der Waals surface area contributed by atoms with Crippen molar-refractivity contribution in [2.75, 3.05) is 39.6 Å². The van der Waals surface area contributed by atoms with Crippen LogP contribution in [0.15, 0.2) is 12.2 Å². The highest BCUT2D eigenvalue weighted by molar-refractivity contribution is 7.47. The first-order chi connectivity index (χ1) is 17.1. The number of phosphoric acid groups is 1. The van der Waals surface area contributed by atoms with Crippen LogP contribution in [-0.4, -0.2) is 50.6 Å². The van der Waals surface area contributed by atoms with Gasteiger partial charge in [-0.3, -0.25) is 9.05 Å². The Hall–Kier alpha value is -0.270. The summed E-state index contributed by atoms with van der Waals surface area (Å²) in [5, 5.41) is 0. The number of hydrogen-bond acceptors (Lipinski definition) is 6. The van der Waals surface area contributed by atoms with E-state index < -0.39 is 13.9 Å². The minimum Gasteiger partial charge on any atom is -0.379 e. The smallest absolute Gasteiger partial charge is 0.379 e. The second kappa shape index (κ2) is 26.8. The van der Waals surface area contributed by atoms with Gasteiger partial charge in [0.1, 0.15) is 6.10 Å². The molecule has 0 aliphatic heterocycles. The molecule has 35 heavy (non-hydrogen) atoms. The predicted octanol–water partition coefficient (Wildman–Crippen LogP) is 7.32. The van der Waals surface area contributed by atoms with Gasteiger partial charge in [0.15, 0.2) is 0 Å². The minimum atomic E-state index is -4.12. The second-order valence-electron chi connectivity index (χ2n) is 9.22. The van der Waals surface area contributed by atoms with Gasteiger partial charge in [0, 0.05) is 13.2 Å². The normalized spacial score (nSPS) is 14.5. The Bertz CT molecular complexity index is 506. The van der Waals surface area contributed by atoms with Gasteiger partial charge in [-0.15, -0.1) is 0 Å². The Morgan fingerprint density at radius 3 is 1.86 bits per heavy atom. The maximum atomic E-state index is 11.9. The monoisotopic (exact) mass is 521 g/mol. The zero-order valence-corrected chi connectivity index (χ0v) is 23.7. The maximum absolute atomic E-state index is 11.9. The minimum absolute atomic E-state index is 0.0310. The highest BCUT2D eigenvalue weighted by Crippen LogP contribution is 2.43. The summed E-state index contributed by atoms with van der Waals surface area (Å²) in [4.78, 5) is 9.70. The molecular formula is C27H56NO6P. The number of ether oxygens (including phenoxy) is 2. The molecule has 0 saturated heterocycles. The van der Waals surface area contributed by atoms with E-state index in [1.807, 2.05) is 0 Å². The van der Waals surface area contributed by atoms with E-state index in [-0.39, 0.29) is 19.8 Å². The molecule has 0 aromatic carbocycles. The molecule has 0 radical (unpaired) electrons. The van der Waals surface area contributed by atoms with Gasteiger partial charge in [0.05, 0.1) is 26.4 Å². The maximum Gasteiger partial charge on any atom is 0.472 e. The van der Waals surface area contributed by atoms with Crippen molar-refractivity contribution in [2.24, 2.45) is 5.73 Å². The van der Waals surface area contributed by atoms with Crippen molar-refractivity contribution < 1.29 is 28.0 Å². The molecule has 0 bridgehead atoms. The van der Waals surface area contributed by atoms with E-state index >= 15 is 0 Å². The van der Waals surface area contributed by atoms with E-state index in [1.165, 1.54) is 83.5 Å². The molecule has 3 N–H and O–H groups in total. The third-order valence-electron chi connectivity index (χ3n) is 5.78. The van der Waals surface area contributed by atoms with E-state index in [0.29, 0.717) is 19.8 Å². The van der Waals surface area contributed by atoms with Gasteiger partial charge in [-0.2, -0.15) is 0 Å². The largest absolute Gasteiger partial charge is 0.472 e. The van der Waals surface area contributed by atoms with Gasteiger partial charge in [-0.25, -0.2) is 4.57 Å².